The Labute approximate surface area is 141 Å². The molecule has 134 valence electrons. The Bertz CT molecular complexity index is 565. The monoisotopic (exact) mass is 339 g/mol. The van der Waals surface area contributed by atoms with Crippen LogP contribution in [-0.2, 0) is 16.0 Å². The van der Waals surface area contributed by atoms with E-state index in [1.54, 1.807) is 39.0 Å². The number of carboxylic acid groups (broad SMARTS) is 1. The van der Waals surface area contributed by atoms with E-state index >= 15 is 0 Å². The maximum Gasteiger partial charge on any atom is 0.407 e. The second-order valence-corrected chi connectivity index (χ2v) is 6.14. The molecule has 0 saturated carbocycles. The molecule has 0 spiro atoms. The van der Waals surface area contributed by atoms with E-state index in [1.807, 2.05) is 0 Å². The molecule has 1 aromatic carbocycles. The van der Waals surface area contributed by atoms with Crippen molar-refractivity contribution in [2.45, 2.75) is 39.2 Å². The van der Waals surface area contributed by atoms with Gasteiger partial charge in [-0.1, -0.05) is 6.07 Å². The number of carboxylic acids is 1. The quantitative estimate of drug-likeness (QED) is 0.707. The molecule has 0 bridgehead atoms. The number of carbonyl (C=O) groups excluding carboxylic acids is 1. The van der Waals surface area contributed by atoms with E-state index in [-0.39, 0.29) is 13.0 Å². The highest BCUT2D eigenvalue weighted by atomic mass is 16.6. The molecule has 0 radical (unpaired) electrons. The van der Waals surface area contributed by atoms with E-state index in [0.717, 1.165) is 5.56 Å². The number of aryl methyl sites for hydroxylation is 1. The van der Waals surface area contributed by atoms with Gasteiger partial charge in [0.15, 0.2) is 0 Å². The van der Waals surface area contributed by atoms with Crippen LogP contribution in [0.25, 0.3) is 0 Å². The molecular formula is C17H25NO6. The van der Waals surface area contributed by atoms with Gasteiger partial charge in [-0.25, -0.2) is 4.79 Å². The minimum atomic E-state index is -0.856. The number of hydrogen-bond donors (Lipinski definition) is 2. The first-order chi connectivity index (χ1) is 11.2. The lowest BCUT2D eigenvalue weighted by atomic mass is 10.1. The Morgan fingerprint density at radius 3 is 2.54 bits per heavy atom. The van der Waals surface area contributed by atoms with E-state index < -0.39 is 17.7 Å². The number of carbonyl (C=O) groups is 2. The maximum atomic E-state index is 11.5. The summed E-state index contributed by atoms with van der Waals surface area (Å²) in [5, 5.41) is 11.3. The summed E-state index contributed by atoms with van der Waals surface area (Å²) >= 11 is 0. The third kappa shape index (κ3) is 7.71. The zero-order valence-electron chi connectivity index (χ0n) is 14.5. The predicted molar refractivity (Wildman–Crippen MR) is 88.7 cm³/mol. The van der Waals surface area contributed by atoms with Crippen LogP contribution in [-0.4, -0.2) is 43.0 Å². The molecule has 0 unspecified atom stereocenters. The summed E-state index contributed by atoms with van der Waals surface area (Å²) in [4.78, 5) is 22.1. The highest BCUT2D eigenvalue weighted by Crippen LogP contribution is 2.25. The third-order valence-electron chi connectivity index (χ3n) is 2.91. The smallest absolute Gasteiger partial charge is 0.407 e. The number of alkyl carbamates (subject to hydrolysis) is 1. The lowest BCUT2D eigenvalue weighted by Crippen LogP contribution is -2.34. The number of amides is 1. The van der Waals surface area contributed by atoms with Crippen LogP contribution in [0.2, 0.25) is 0 Å². The van der Waals surface area contributed by atoms with Gasteiger partial charge in [0.25, 0.3) is 0 Å². The van der Waals surface area contributed by atoms with Gasteiger partial charge in [-0.05, 0) is 38.8 Å². The highest BCUT2D eigenvalue weighted by molar-refractivity contribution is 5.67. The van der Waals surface area contributed by atoms with Crippen LogP contribution in [0.15, 0.2) is 18.2 Å². The van der Waals surface area contributed by atoms with Crippen LogP contribution in [0.1, 0.15) is 32.8 Å². The fourth-order valence-corrected chi connectivity index (χ4v) is 1.90. The van der Waals surface area contributed by atoms with Crippen molar-refractivity contribution >= 4 is 12.1 Å². The molecule has 0 saturated heterocycles. The first kappa shape index (κ1) is 19.6. The van der Waals surface area contributed by atoms with E-state index in [0.29, 0.717) is 24.5 Å². The van der Waals surface area contributed by atoms with Crippen LogP contribution in [0.4, 0.5) is 4.79 Å². The van der Waals surface area contributed by atoms with Crippen molar-refractivity contribution in [3.8, 4) is 11.5 Å². The van der Waals surface area contributed by atoms with Gasteiger partial charge in [-0.2, -0.15) is 0 Å². The van der Waals surface area contributed by atoms with Crippen molar-refractivity contribution in [2.75, 3.05) is 20.3 Å². The molecule has 1 rings (SSSR count). The standard InChI is InChI=1S/C17H25NO6/c1-17(2,3)24-16(21)18-9-10-23-13-7-5-12(6-8-15(19)20)14(11-13)22-4/h5,7,11H,6,8-10H2,1-4H3,(H,18,21)(H,19,20). The second-order valence-electron chi connectivity index (χ2n) is 6.14. The Morgan fingerprint density at radius 1 is 1.25 bits per heavy atom. The fraction of sp³-hybridized carbons (Fsp3) is 0.529. The second kappa shape index (κ2) is 9.00. The summed E-state index contributed by atoms with van der Waals surface area (Å²) in [5.74, 6) is 0.302. The Balaban J connectivity index is 2.45. The molecule has 7 nitrogen and oxygen atoms in total. The molecule has 24 heavy (non-hydrogen) atoms. The Kier molecular flexibility index (Phi) is 7.35. The minimum absolute atomic E-state index is 0.0381. The maximum absolute atomic E-state index is 11.5. The number of methoxy groups -OCH3 is 1. The molecule has 0 heterocycles. The van der Waals surface area contributed by atoms with Gasteiger partial charge in [0.05, 0.1) is 13.7 Å². The third-order valence-corrected chi connectivity index (χ3v) is 2.91. The molecular weight excluding hydrogens is 314 g/mol. The Morgan fingerprint density at radius 2 is 1.96 bits per heavy atom. The fourth-order valence-electron chi connectivity index (χ4n) is 1.90. The number of benzene rings is 1. The van der Waals surface area contributed by atoms with Gasteiger partial charge >= 0.3 is 12.1 Å². The molecule has 2 N–H and O–H groups in total. The zero-order valence-corrected chi connectivity index (χ0v) is 14.5. The van der Waals surface area contributed by atoms with E-state index in [2.05, 4.69) is 5.32 Å². The summed E-state index contributed by atoms with van der Waals surface area (Å²) in [6.45, 7) is 5.96. The van der Waals surface area contributed by atoms with Crippen molar-refractivity contribution in [2.24, 2.45) is 0 Å². The average Bonchev–Trinajstić information content (AvgIpc) is 2.48. The van der Waals surface area contributed by atoms with E-state index in [4.69, 9.17) is 19.3 Å². The van der Waals surface area contributed by atoms with Crippen molar-refractivity contribution in [1.29, 1.82) is 0 Å². The predicted octanol–water partition coefficient (Wildman–Crippen LogP) is 2.62. The molecule has 0 fully saturated rings. The van der Waals surface area contributed by atoms with Crippen molar-refractivity contribution in [3.63, 3.8) is 0 Å². The summed E-state index contributed by atoms with van der Waals surface area (Å²) in [6.07, 6.45) is -0.0669. The van der Waals surface area contributed by atoms with Gasteiger partial charge < -0.3 is 24.6 Å². The Hall–Kier alpha value is -2.44. The summed E-state index contributed by atoms with van der Waals surface area (Å²) in [5.41, 5.74) is 0.267. The van der Waals surface area contributed by atoms with Gasteiger partial charge in [-0.3, -0.25) is 4.79 Å². The van der Waals surface area contributed by atoms with Crippen molar-refractivity contribution in [1.82, 2.24) is 5.32 Å². The van der Waals surface area contributed by atoms with Crippen LogP contribution in [0.3, 0.4) is 0 Å². The lowest BCUT2D eigenvalue weighted by Gasteiger charge is -2.19. The first-order valence-electron chi connectivity index (χ1n) is 7.69. The molecule has 1 amide bonds. The molecule has 1 aromatic rings. The zero-order chi connectivity index (χ0) is 18.2. The molecule has 7 heteroatoms. The average molecular weight is 339 g/mol. The van der Waals surface area contributed by atoms with Crippen molar-refractivity contribution < 1.29 is 28.9 Å². The molecule has 0 aliphatic heterocycles. The number of rotatable bonds is 8. The SMILES string of the molecule is COc1cc(OCCNC(=O)OC(C)(C)C)ccc1CCC(=O)O. The number of hydrogen-bond acceptors (Lipinski definition) is 5. The normalized spacial score (nSPS) is 10.8. The highest BCUT2D eigenvalue weighted by Gasteiger charge is 2.15. The summed E-state index contributed by atoms with van der Waals surface area (Å²) in [7, 11) is 1.52. The largest absolute Gasteiger partial charge is 0.496 e. The molecule has 0 aliphatic rings. The topological polar surface area (TPSA) is 94.1 Å². The van der Waals surface area contributed by atoms with Crippen LogP contribution >= 0.6 is 0 Å². The summed E-state index contributed by atoms with van der Waals surface area (Å²) in [6, 6.07) is 5.22. The van der Waals surface area contributed by atoms with E-state index in [9.17, 15) is 9.59 Å². The molecule has 0 aromatic heterocycles. The number of nitrogens with one attached hydrogen (secondary N) is 1. The first-order valence-corrected chi connectivity index (χ1v) is 7.69. The molecule has 0 atom stereocenters. The van der Waals surface area contributed by atoms with Crippen LogP contribution < -0.4 is 14.8 Å². The van der Waals surface area contributed by atoms with Gasteiger partial charge in [-0.15, -0.1) is 0 Å². The summed E-state index contributed by atoms with van der Waals surface area (Å²) < 4.78 is 15.9. The van der Waals surface area contributed by atoms with Crippen LogP contribution in [0, 0.1) is 0 Å². The minimum Gasteiger partial charge on any atom is -0.496 e. The van der Waals surface area contributed by atoms with Gasteiger partial charge in [0.2, 0.25) is 0 Å². The number of aliphatic carboxylic acids is 1. The van der Waals surface area contributed by atoms with Crippen LogP contribution in [0.5, 0.6) is 11.5 Å². The van der Waals surface area contributed by atoms with E-state index in [1.165, 1.54) is 7.11 Å². The molecule has 0 aliphatic carbocycles. The van der Waals surface area contributed by atoms with Gasteiger partial charge in [0, 0.05) is 12.5 Å². The number of ether oxygens (including phenoxy) is 3. The van der Waals surface area contributed by atoms with Gasteiger partial charge in [0.1, 0.15) is 23.7 Å². The van der Waals surface area contributed by atoms with Crippen molar-refractivity contribution in [3.05, 3.63) is 23.8 Å². The lowest BCUT2D eigenvalue weighted by molar-refractivity contribution is -0.136.